The molecule has 5 heteroatoms. The van der Waals surface area contributed by atoms with Gasteiger partial charge in [0, 0.05) is 11.9 Å². The van der Waals surface area contributed by atoms with Crippen LogP contribution in [0.15, 0.2) is 24.3 Å². The van der Waals surface area contributed by atoms with Gasteiger partial charge in [-0.3, -0.25) is 0 Å². The van der Waals surface area contributed by atoms with E-state index in [2.05, 4.69) is 52.0 Å². The number of carbonyl (C=O) groups is 2. The fourth-order valence-corrected chi connectivity index (χ4v) is 9.73. The van der Waals surface area contributed by atoms with Gasteiger partial charge in [-0.05, 0) is 77.0 Å². The van der Waals surface area contributed by atoms with E-state index in [0.717, 1.165) is 38.5 Å². The molecule has 53 heavy (non-hydrogen) atoms. The Hall–Kier alpha value is -0.781. The van der Waals surface area contributed by atoms with E-state index in [1.807, 2.05) is 0 Å². The van der Waals surface area contributed by atoms with Crippen molar-refractivity contribution in [2.24, 2.45) is 0 Å². The second-order valence-corrected chi connectivity index (χ2v) is 19.6. The van der Waals surface area contributed by atoms with E-state index in [9.17, 15) is 19.8 Å². The number of unbranched alkanes of at least 4 members (excludes halogenated alkanes) is 28. The van der Waals surface area contributed by atoms with Gasteiger partial charge in [-0.1, -0.05) is 141 Å². The third-order valence-electron chi connectivity index (χ3n) is 9.70. The van der Waals surface area contributed by atoms with E-state index in [1.54, 1.807) is 21.7 Å². The fourth-order valence-electron chi connectivity index (χ4n) is 6.16. The molecule has 0 unspecified atom stereocenters. The van der Waals surface area contributed by atoms with Gasteiger partial charge in [0.1, 0.15) is 0 Å². The fraction of sp³-hybridized carbons (Fsp3) is 0.875. The zero-order chi connectivity index (χ0) is 39.6. The molecule has 0 aliphatic heterocycles. The van der Waals surface area contributed by atoms with Crippen LogP contribution in [0.1, 0.15) is 259 Å². The maximum atomic E-state index is 10.2. The summed E-state index contributed by atoms with van der Waals surface area (Å²) in [5.41, 5.74) is 0. The summed E-state index contributed by atoms with van der Waals surface area (Å²) >= 11 is 0.104. The first-order chi connectivity index (χ1) is 26.0. The Morgan fingerprint density at radius 3 is 0.830 bits per heavy atom. The molecule has 312 valence electrons. The first-order valence-corrected chi connectivity index (χ1v) is 27.4. The third-order valence-corrected chi connectivity index (χ3v) is 13.7. The van der Waals surface area contributed by atoms with Crippen molar-refractivity contribution >= 4 is 33.1 Å². The number of aliphatic carboxylic acids is 2. The molecule has 0 saturated carbocycles. The number of hydrogen-bond donors (Lipinski definition) is 0. The summed E-state index contributed by atoms with van der Waals surface area (Å²) in [6, 6.07) is 0. The van der Waals surface area contributed by atoms with Crippen molar-refractivity contribution in [3.05, 3.63) is 24.3 Å². The molecule has 0 saturated heterocycles. The number of carbonyl (C=O) groups excluding carboxylic acids is 2. The van der Waals surface area contributed by atoms with E-state index >= 15 is 0 Å². The topological polar surface area (TPSA) is 80.3 Å². The molecule has 0 aromatic carbocycles. The number of rotatable bonds is 40. The first kappa shape index (κ1) is 56.5. The van der Waals surface area contributed by atoms with Crippen molar-refractivity contribution < 1.29 is 19.8 Å². The predicted octanol–water partition coefficient (Wildman–Crippen LogP) is 14.2. The van der Waals surface area contributed by atoms with Crippen LogP contribution < -0.4 is 10.2 Å². The van der Waals surface area contributed by atoms with E-state index in [4.69, 9.17) is 0 Å². The average molecular weight is 852 g/mol. The van der Waals surface area contributed by atoms with Gasteiger partial charge in [-0.25, -0.2) is 0 Å². The number of hydrogen-bond acceptors (Lipinski definition) is 4. The zero-order valence-electron chi connectivity index (χ0n) is 36.3. The van der Waals surface area contributed by atoms with Crippen molar-refractivity contribution in [1.82, 2.24) is 0 Å². The molecular formula is C48H92O4Sn. The van der Waals surface area contributed by atoms with Crippen LogP contribution in [0, 0.1) is 0 Å². The molecule has 0 atom stereocenters. The summed E-state index contributed by atoms with van der Waals surface area (Å²) in [7, 11) is 0. The summed E-state index contributed by atoms with van der Waals surface area (Å²) in [4.78, 5) is 20.4. The van der Waals surface area contributed by atoms with E-state index in [1.165, 1.54) is 167 Å². The molecule has 0 fully saturated rings. The minimum atomic E-state index is -0.914. The Morgan fingerprint density at radius 1 is 0.340 bits per heavy atom. The van der Waals surface area contributed by atoms with Gasteiger partial charge in [0.15, 0.2) is 0 Å². The molecule has 0 aliphatic rings. The van der Waals surface area contributed by atoms with Crippen molar-refractivity contribution in [3.63, 3.8) is 0 Å². The Balaban J connectivity index is -0.000000726. The number of allylic oxidation sites excluding steroid dienone is 4. The predicted molar refractivity (Wildman–Crippen MR) is 233 cm³/mol. The summed E-state index contributed by atoms with van der Waals surface area (Å²) in [6.07, 6.45) is 53.6. The molecule has 0 aliphatic carbocycles. The number of carboxylic acid groups (broad SMARTS) is 2. The molecule has 0 aromatic rings. The second-order valence-electron chi connectivity index (χ2n) is 15.3. The van der Waals surface area contributed by atoms with Crippen LogP contribution in [0.5, 0.6) is 0 Å². The summed E-state index contributed by atoms with van der Waals surface area (Å²) in [5, 5.41) is 20.4. The van der Waals surface area contributed by atoms with Crippen LogP contribution in [0.2, 0.25) is 8.87 Å². The van der Waals surface area contributed by atoms with Crippen LogP contribution in [0.3, 0.4) is 0 Å². The molecule has 0 rings (SSSR count). The zero-order valence-corrected chi connectivity index (χ0v) is 39.2. The molecular weight excluding hydrogens is 759 g/mol. The summed E-state index contributed by atoms with van der Waals surface area (Å²) < 4.78 is 3.30. The van der Waals surface area contributed by atoms with E-state index in [-0.39, 0.29) is 34.0 Å². The van der Waals surface area contributed by atoms with Gasteiger partial charge in [-0.15, -0.1) is 0 Å². The van der Waals surface area contributed by atoms with Crippen LogP contribution >= 0.6 is 0 Å². The molecule has 0 aromatic heterocycles. The van der Waals surface area contributed by atoms with Crippen LogP contribution in [0.4, 0.5) is 0 Å². The molecule has 0 spiro atoms. The van der Waals surface area contributed by atoms with E-state index < -0.39 is 11.9 Å². The van der Waals surface area contributed by atoms with Crippen molar-refractivity contribution in [3.8, 4) is 0 Å². The van der Waals surface area contributed by atoms with E-state index in [0.29, 0.717) is 0 Å². The van der Waals surface area contributed by atoms with Crippen molar-refractivity contribution in [2.75, 3.05) is 0 Å². The second kappa shape index (κ2) is 55.6. The minimum absolute atomic E-state index is 0.104. The maximum absolute atomic E-state index is 10.2. The standard InChI is InChI=1S/2C18H34O2.2C6H13.Sn/c2*1-2-3-4-5-6-7-8-9-10-11-12-13-14-15-16-17-18(19)20;2*1-3-5-6-4-2;/h2*9-10H,2-8,11-17H2,1H3,(H,19,20);2*1,3-6H2,2H3;/q;;;;+2/p-2/b2*10-9-;;;. The Labute approximate surface area is 343 Å². The van der Waals surface area contributed by atoms with Gasteiger partial charge in [-0.2, -0.15) is 0 Å². The molecule has 0 heterocycles. The number of carboxylic acids is 2. The molecule has 0 amide bonds. The SMILES string of the molecule is CCCCCCCC/C=C\CCCCCCCC(=O)[O-].CCCCCCCC/C=C\CCCCCCCC(=O)[O-].CCCCC[CH2][Sn+2][CH2]CCCCC. The first-order valence-electron chi connectivity index (χ1n) is 23.4. The van der Waals surface area contributed by atoms with Crippen LogP contribution in [-0.2, 0) is 9.59 Å². The van der Waals surface area contributed by atoms with Gasteiger partial charge in [0.25, 0.3) is 0 Å². The van der Waals surface area contributed by atoms with Gasteiger partial charge in [0.05, 0.1) is 0 Å². The van der Waals surface area contributed by atoms with Crippen LogP contribution in [-0.4, -0.2) is 33.1 Å². The molecule has 0 bridgehead atoms. The average Bonchev–Trinajstić information content (AvgIpc) is 3.14. The molecule has 0 N–H and O–H groups in total. The third kappa shape index (κ3) is 66.4. The van der Waals surface area contributed by atoms with Gasteiger partial charge in [0.2, 0.25) is 0 Å². The van der Waals surface area contributed by atoms with Gasteiger partial charge >= 0.3 is 95.2 Å². The monoisotopic (exact) mass is 853 g/mol. The Kier molecular flexibility index (Phi) is 59.3. The van der Waals surface area contributed by atoms with Gasteiger partial charge < -0.3 is 19.8 Å². The Bertz CT molecular complexity index is 675. The van der Waals surface area contributed by atoms with Crippen LogP contribution in [0.25, 0.3) is 0 Å². The quantitative estimate of drug-likeness (QED) is 0.0349. The molecule has 0 radical (unpaired) electrons. The normalized spacial score (nSPS) is 10.9. The summed E-state index contributed by atoms with van der Waals surface area (Å²) in [5.74, 6) is -1.83. The summed E-state index contributed by atoms with van der Waals surface area (Å²) in [6.45, 7) is 9.10. The van der Waals surface area contributed by atoms with Crippen molar-refractivity contribution in [1.29, 1.82) is 0 Å². The molecule has 4 nitrogen and oxygen atoms in total. The Morgan fingerprint density at radius 2 is 0.566 bits per heavy atom. The van der Waals surface area contributed by atoms with Crippen molar-refractivity contribution in [2.45, 2.75) is 268 Å².